The quantitative estimate of drug-likeness (QED) is 0.687. The zero-order valence-corrected chi connectivity index (χ0v) is 8.82. The van der Waals surface area contributed by atoms with Crippen LogP contribution in [-0.2, 0) is 22.4 Å². The lowest BCUT2D eigenvalue weighted by atomic mass is 9.80. The highest BCUT2D eigenvalue weighted by molar-refractivity contribution is 6.04. The third-order valence-corrected chi connectivity index (χ3v) is 3.03. The van der Waals surface area contributed by atoms with Gasteiger partial charge in [0.25, 0.3) is 0 Å². The summed E-state index contributed by atoms with van der Waals surface area (Å²) < 4.78 is 0. The van der Waals surface area contributed by atoms with E-state index in [1.165, 1.54) is 0 Å². The summed E-state index contributed by atoms with van der Waals surface area (Å²) in [5.74, 6) is -0.222. The molecule has 1 aliphatic rings. The van der Waals surface area contributed by atoms with E-state index in [4.69, 9.17) is 0 Å². The zero-order valence-electron chi connectivity index (χ0n) is 8.82. The van der Waals surface area contributed by atoms with Gasteiger partial charge in [-0.3, -0.25) is 9.59 Å². The van der Waals surface area contributed by atoms with Crippen LogP contribution in [0.25, 0.3) is 0 Å². The van der Waals surface area contributed by atoms with Crippen molar-refractivity contribution in [1.29, 1.82) is 0 Å². The van der Waals surface area contributed by atoms with Crippen molar-refractivity contribution in [2.45, 2.75) is 26.2 Å². The predicted molar refractivity (Wildman–Crippen MR) is 57.6 cm³/mol. The molecular weight excluding hydrogens is 188 g/mol. The van der Waals surface area contributed by atoms with E-state index >= 15 is 0 Å². The number of Topliss-reactive ketones (excluding diaryl/α,β-unsaturated/α-hetero) is 2. The molecule has 1 aliphatic carbocycles. The van der Waals surface area contributed by atoms with Gasteiger partial charge in [-0.05, 0) is 17.5 Å². The number of fused-ring (bicyclic) bond motifs is 1. The van der Waals surface area contributed by atoms with Crippen molar-refractivity contribution in [2.24, 2.45) is 5.92 Å². The van der Waals surface area contributed by atoms with Crippen LogP contribution >= 0.6 is 0 Å². The topological polar surface area (TPSA) is 34.1 Å². The summed E-state index contributed by atoms with van der Waals surface area (Å²) in [5, 5.41) is 0. The normalized spacial score (nSPS) is 19.8. The summed E-state index contributed by atoms with van der Waals surface area (Å²) >= 11 is 0. The Labute approximate surface area is 89.3 Å². The Hall–Kier alpha value is -1.44. The second-order valence-electron chi connectivity index (χ2n) is 3.99. The molecule has 0 aliphatic heterocycles. The minimum atomic E-state index is -0.384. The first-order valence-corrected chi connectivity index (χ1v) is 5.34. The molecule has 0 amide bonds. The molecule has 0 N–H and O–H groups in total. The second-order valence-corrected chi connectivity index (χ2v) is 3.99. The van der Waals surface area contributed by atoms with Gasteiger partial charge < -0.3 is 0 Å². The average molecular weight is 202 g/mol. The van der Waals surface area contributed by atoms with Gasteiger partial charge in [0.2, 0.25) is 0 Å². The first-order chi connectivity index (χ1) is 7.22. The highest BCUT2D eigenvalue weighted by Gasteiger charge is 2.30. The van der Waals surface area contributed by atoms with Gasteiger partial charge in [-0.2, -0.15) is 0 Å². The Bertz CT molecular complexity index is 407. The van der Waals surface area contributed by atoms with Gasteiger partial charge in [-0.15, -0.1) is 0 Å². The number of benzene rings is 1. The molecule has 0 fully saturated rings. The van der Waals surface area contributed by atoms with Crippen molar-refractivity contribution >= 4 is 11.6 Å². The SMILES string of the molecule is CCC(=O)C1Cc2ccccc2CC1=O. The van der Waals surface area contributed by atoms with E-state index in [9.17, 15) is 9.59 Å². The molecule has 2 rings (SSSR count). The van der Waals surface area contributed by atoms with Gasteiger partial charge in [-0.25, -0.2) is 0 Å². The minimum Gasteiger partial charge on any atom is -0.299 e. The molecule has 1 aromatic rings. The predicted octanol–water partition coefficient (Wildman–Crippen LogP) is 1.95. The minimum absolute atomic E-state index is 0.0782. The van der Waals surface area contributed by atoms with E-state index < -0.39 is 0 Å². The number of carbonyl (C=O) groups is 2. The van der Waals surface area contributed by atoms with E-state index in [1.807, 2.05) is 31.2 Å². The molecule has 78 valence electrons. The lowest BCUT2D eigenvalue weighted by Crippen LogP contribution is -2.31. The van der Waals surface area contributed by atoms with Crippen LogP contribution in [0.15, 0.2) is 24.3 Å². The van der Waals surface area contributed by atoms with E-state index in [1.54, 1.807) is 0 Å². The van der Waals surface area contributed by atoms with Gasteiger partial charge in [-0.1, -0.05) is 31.2 Å². The third kappa shape index (κ3) is 1.84. The lowest BCUT2D eigenvalue weighted by Gasteiger charge is -2.21. The first kappa shape index (κ1) is 10.1. The largest absolute Gasteiger partial charge is 0.299 e. The van der Waals surface area contributed by atoms with E-state index in [2.05, 4.69) is 0 Å². The van der Waals surface area contributed by atoms with Crippen molar-refractivity contribution in [1.82, 2.24) is 0 Å². The fourth-order valence-corrected chi connectivity index (χ4v) is 2.11. The molecule has 0 spiro atoms. The van der Waals surface area contributed by atoms with E-state index in [0.29, 0.717) is 19.3 Å². The average Bonchev–Trinajstić information content (AvgIpc) is 2.27. The Kier molecular flexibility index (Phi) is 2.67. The van der Waals surface area contributed by atoms with Gasteiger partial charge in [0.1, 0.15) is 11.6 Å². The van der Waals surface area contributed by atoms with Gasteiger partial charge in [0.15, 0.2) is 0 Å². The summed E-state index contributed by atoms with van der Waals surface area (Å²) in [6.45, 7) is 1.82. The summed E-state index contributed by atoms with van der Waals surface area (Å²) in [7, 11) is 0. The maximum atomic E-state index is 11.7. The smallest absolute Gasteiger partial charge is 0.148 e. The molecule has 0 aromatic heterocycles. The summed E-state index contributed by atoms with van der Waals surface area (Å²) in [6.07, 6.45) is 1.48. The maximum absolute atomic E-state index is 11.7. The number of rotatable bonds is 2. The van der Waals surface area contributed by atoms with E-state index in [-0.39, 0.29) is 17.5 Å². The number of ketones is 2. The Morgan fingerprint density at radius 1 is 1.33 bits per heavy atom. The van der Waals surface area contributed by atoms with Crippen molar-refractivity contribution < 1.29 is 9.59 Å². The molecule has 0 bridgehead atoms. The molecule has 15 heavy (non-hydrogen) atoms. The maximum Gasteiger partial charge on any atom is 0.148 e. The molecule has 0 saturated carbocycles. The van der Waals surface area contributed by atoms with Crippen LogP contribution < -0.4 is 0 Å². The molecule has 2 heteroatoms. The van der Waals surface area contributed by atoms with Crippen LogP contribution in [0.5, 0.6) is 0 Å². The second kappa shape index (κ2) is 3.97. The van der Waals surface area contributed by atoms with E-state index in [0.717, 1.165) is 11.1 Å². The van der Waals surface area contributed by atoms with Crippen molar-refractivity contribution in [2.75, 3.05) is 0 Å². The van der Waals surface area contributed by atoms with Crippen molar-refractivity contribution in [3.05, 3.63) is 35.4 Å². The molecule has 0 heterocycles. The third-order valence-electron chi connectivity index (χ3n) is 3.03. The molecule has 0 radical (unpaired) electrons. The molecule has 0 saturated heterocycles. The Morgan fingerprint density at radius 3 is 2.67 bits per heavy atom. The van der Waals surface area contributed by atoms with Gasteiger partial charge in [0.05, 0.1) is 5.92 Å². The molecular formula is C13H14O2. The van der Waals surface area contributed by atoms with Crippen LogP contribution in [0.1, 0.15) is 24.5 Å². The van der Waals surface area contributed by atoms with Gasteiger partial charge >= 0.3 is 0 Å². The van der Waals surface area contributed by atoms with Crippen molar-refractivity contribution in [3.63, 3.8) is 0 Å². The highest BCUT2D eigenvalue weighted by Crippen LogP contribution is 2.24. The molecule has 1 aromatic carbocycles. The standard InChI is InChI=1S/C13H14O2/c1-2-12(14)11-7-9-5-3-4-6-10(9)8-13(11)15/h3-6,11H,2,7-8H2,1H3. The molecule has 1 unspecified atom stereocenters. The number of hydrogen-bond acceptors (Lipinski definition) is 2. The van der Waals surface area contributed by atoms with Crippen molar-refractivity contribution in [3.8, 4) is 0 Å². The van der Waals surface area contributed by atoms with Crippen LogP contribution in [0.4, 0.5) is 0 Å². The first-order valence-electron chi connectivity index (χ1n) is 5.34. The summed E-state index contributed by atoms with van der Waals surface area (Å²) in [5.41, 5.74) is 2.24. The molecule has 1 atom stereocenters. The van der Waals surface area contributed by atoms with Gasteiger partial charge in [0, 0.05) is 12.8 Å². The van der Waals surface area contributed by atoms with Crippen LogP contribution in [0, 0.1) is 5.92 Å². The van der Waals surface area contributed by atoms with Crippen LogP contribution in [-0.4, -0.2) is 11.6 Å². The number of hydrogen-bond donors (Lipinski definition) is 0. The Balaban J connectivity index is 2.29. The number of carbonyl (C=O) groups excluding carboxylic acids is 2. The summed E-state index contributed by atoms with van der Waals surface area (Å²) in [6, 6.07) is 7.88. The monoisotopic (exact) mass is 202 g/mol. The Morgan fingerprint density at radius 2 is 2.00 bits per heavy atom. The summed E-state index contributed by atoms with van der Waals surface area (Å²) in [4.78, 5) is 23.3. The van der Waals surface area contributed by atoms with Crippen LogP contribution in [0.2, 0.25) is 0 Å². The fraction of sp³-hybridized carbons (Fsp3) is 0.385. The lowest BCUT2D eigenvalue weighted by molar-refractivity contribution is -0.132. The zero-order chi connectivity index (χ0) is 10.8. The highest BCUT2D eigenvalue weighted by atomic mass is 16.1. The fourth-order valence-electron chi connectivity index (χ4n) is 2.11. The molecule has 2 nitrogen and oxygen atoms in total. The van der Waals surface area contributed by atoms with Crippen LogP contribution in [0.3, 0.4) is 0 Å².